The number of nitrogens with zero attached hydrogens (tertiary/aromatic N) is 1. The highest BCUT2D eigenvalue weighted by atomic mass is 16.3. The third-order valence-electron chi connectivity index (χ3n) is 2.79. The van der Waals surface area contributed by atoms with Gasteiger partial charge in [-0.25, -0.2) is 5.43 Å². The maximum Gasteiger partial charge on any atom is 0.307 e. The monoisotopic (exact) mass is 280 g/mol. The summed E-state index contributed by atoms with van der Waals surface area (Å²) in [6.07, 6.45) is 2.87. The average molecular weight is 280 g/mol. The molecule has 0 spiro atoms. The van der Waals surface area contributed by atoms with Gasteiger partial charge in [0.25, 0.3) is 0 Å². The lowest BCUT2D eigenvalue weighted by atomic mass is 10.2. The quantitative estimate of drug-likeness (QED) is 0.589. The Hall–Kier alpha value is -3.08. The van der Waals surface area contributed by atoms with Gasteiger partial charge in [0.05, 0.1) is 12.5 Å². The zero-order chi connectivity index (χ0) is 14.5. The fraction of sp³-hybridized carbons (Fsp3) is 0. The van der Waals surface area contributed by atoms with Crippen molar-refractivity contribution in [2.75, 3.05) is 0 Å². The maximum absolute atomic E-state index is 11.6. The molecule has 2 aromatic heterocycles. The number of hydrogen-bond acceptors (Lipinski definition) is 4. The SMILES string of the molecule is O=C(N/N=C/c1ccc(-c2ccccc2)o1)c1ccco1. The number of amides is 1. The molecule has 0 bridgehead atoms. The molecule has 0 saturated heterocycles. The molecule has 1 amide bonds. The number of nitrogens with one attached hydrogen (secondary N) is 1. The molecule has 104 valence electrons. The van der Waals surface area contributed by atoms with E-state index in [4.69, 9.17) is 8.83 Å². The van der Waals surface area contributed by atoms with Crippen molar-refractivity contribution < 1.29 is 13.6 Å². The summed E-state index contributed by atoms with van der Waals surface area (Å²) in [5, 5.41) is 3.83. The summed E-state index contributed by atoms with van der Waals surface area (Å²) in [7, 11) is 0. The maximum atomic E-state index is 11.6. The van der Waals surface area contributed by atoms with Crippen molar-refractivity contribution in [2.45, 2.75) is 0 Å². The normalized spacial score (nSPS) is 10.9. The number of benzene rings is 1. The molecule has 0 unspecified atom stereocenters. The van der Waals surface area contributed by atoms with Crippen molar-refractivity contribution in [3.05, 3.63) is 72.4 Å². The van der Waals surface area contributed by atoms with Crippen molar-refractivity contribution >= 4 is 12.1 Å². The van der Waals surface area contributed by atoms with Gasteiger partial charge < -0.3 is 8.83 Å². The first kappa shape index (κ1) is 12.9. The van der Waals surface area contributed by atoms with Gasteiger partial charge in [-0.3, -0.25) is 4.79 Å². The third-order valence-corrected chi connectivity index (χ3v) is 2.79. The van der Waals surface area contributed by atoms with Crippen molar-refractivity contribution in [3.63, 3.8) is 0 Å². The second-order valence-electron chi connectivity index (χ2n) is 4.24. The Kier molecular flexibility index (Phi) is 3.64. The number of hydrogen-bond donors (Lipinski definition) is 1. The molecule has 0 radical (unpaired) electrons. The van der Waals surface area contributed by atoms with Gasteiger partial charge in [0.2, 0.25) is 0 Å². The van der Waals surface area contributed by atoms with Crippen LogP contribution in [0.1, 0.15) is 16.3 Å². The van der Waals surface area contributed by atoms with E-state index in [9.17, 15) is 4.79 Å². The minimum Gasteiger partial charge on any atom is -0.459 e. The van der Waals surface area contributed by atoms with Crippen LogP contribution in [-0.2, 0) is 0 Å². The Balaban J connectivity index is 1.65. The van der Waals surface area contributed by atoms with Crippen molar-refractivity contribution in [3.8, 4) is 11.3 Å². The van der Waals surface area contributed by atoms with E-state index in [2.05, 4.69) is 10.5 Å². The van der Waals surface area contributed by atoms with Crippen molar-refractivity contribution in [1.82, 2.24) is 5.43 Å². The van der Waals surface area contributed by atoms with Gasteiger partial charge in [-0.2, -0.15) is 5.10 Å². The molecule has 2 heterocycles. The Morgan fingerprint density at radius 2 is 1.90 bits per heavy atom. The minimum atomic E-state index is -0.411. The summed E-state index contributed by atoms with van der Waals surface area (Å²) in [5.74, 6) is 1.09. The zero-order valence-corrected chi connectivity index (χ0v) is 11.0. The predicted octanol–water partition coefficient (Wildman–Crippen LogP) is 3.30. The standard InChI is InChI=1S/C16H12N2O3/c19-16(15-7-4-10-20-15)18-17-11-13-8-9-14(21-13)12-5-2-1-3-6-12/h1-11H,(H,18,19)/b17-11+. The summed E-state index contributed by atoms with van der Waals surface area (Å²) in [5.41, 5.74) is 3.34. The first-order valence-electron chi connectivity index (χ1n) is 6.35. The second-order valence-corrected chi connectivity index (χ2v) is 4.24. The van der Waals surface area contributed by atoms with E-state index < -0.39 is 5.91 Å². The number of hydrazone groups is 1. The van der Waals surface area contributed by atoms with Crippen LogP contribution in [0.15, 0.2) is 74.8 Å². The zero-order valence-electron chi connectivity index (χ0n) is 11.0. The average Bonchev–Trinajstić information content (AvgIpc) is 3.20. The molecule has 0 aliphatic carbocycles. The molecule has 0 aliphatic rings. The van der Waals surface area contributed by atoms with Crippen LogP contribution in [-0.4, -0.2) is 12.1 Å². The van der Waals surface area contributed by atoms with Crippen LogP contribution in [0.3, 0.4) is 0 Å². The highest BCUT2D eigenvalue weighted by molar-refractivity contribution is 5.92. The molecule has 3 aromatic rings. The largest absolute Gasteiger partial charge is 0.459 e. The van der Waals surface area contributed by atoms with E-state index in [1.165, 1.54) is 12.5 Å². The van der Waals surface area contributed by atoms with Gasteiger partial charge in [-0.1, -0.05) is 30.3 Å². The Labute approximate surface area is 120 Å². The summed E-state index contributed by atoms with van der Waals surface area (Å²) >= 11 is 0. The van der Waals surface area contributed by atoms with E-state index in [1.54, 1.807) is 18.2 Å². The van der Waals surface area contributed by atoms with Crippen molar-refractivity contribution in [2.24, 2.45) is 5.10 Å². The number of carbonyl (C=O) groups is 1. The number of furan rings is 2. The van der Waals surface area contributed by atoms with Crippen LogP contribution < -0.4 is 5.43 Å². The van der Waals surface area contributed by atoms with Gasteiger partial charge in [-0.15, -0.1) is 0 Å². The van der Waals surface area contributed by atoms with Gasteiger partial charge in [0.15, 0.2) is 5.76 Å². The predicted molar refractivity (Wildman–Crippen MR) is 77.9 cm³/mol. The van der Waals surface area contributed by atoms with Crippen molar-refractivity contribution in [1.29, 1.82) is 0 Å². The summed E-state index contributed by atoms with van der Waals surface area (Å²) in [6, 6.07) is 16.6. The Morgan fingerprint density at radius 3 is 2.67 bits per heavy atom. The smallest absolute Gasteiger partial charge is 0.307 e. The van der Waals surface area contributed by atoms with E-state index in [-0.39, 0.29) is 5.76 Å². The molecule has 5 nitrogen and oxygen atoms in total. The molecule has 0 saturated carbocycles. The molecular formula is C16H12N2O3. The lowest BCUT2D eigenvalue weighted by Gasteiger charge is -1.95. The first-order valence-corrected chi connectivity index (χ1v) is 6.35. The molecule has 3 rings (SSSR count). The van der Waals surface area contributed by atoms with E-state index >= 15 is 0 Å². The molecule has 0 atom stereocenters. The summed E-state index contributed by atoms with van der Waals surface area (Å²) in [6.45, 7) is 0. The van der Waals surface area contributed by atoms with E-state index in [0.717, 1.165) is 11.3 Å². The van der Waals surface area contributed by atoms with Crippen LogP contribution >= 0.6 is 0 Å². The molecule has 0 fully saturated rings. The first-order chi connectivity index (χ1) is 10.3. The van der Waals surface area contributed by atoms with Gasteiger partial charge in [0.1, 0.15) is 11.5 Å². The van der Waals surface area contributed by atoms with E-state index in [0.29, 0.717) is 5.76 Å². The molecule has 0 aliphatic heterocycles. The van der Waals surface area contributed by atoms with E-state index in [1.807, 2.05) is 36.4 Å². The minimum absolute atomic E-state index is 0.205. The summed E-state index contributed by atoms with van der Waals surface area (Å²) in [4.78, 5) is 11.6. The topological polar surface area (TPSA) is 67.7 Å². The van der Waals surface area contributed by atoms with Gasteiger partial charge in [-0.05, 0) is 24.3 Å². The summed E-state index contributed by atoms with van der Waals surface area (Å²) < 4.78 is 10.6. The van der Waals surface area contributed by atoms with Crippen LogP contribution in [0.5, 0.6) is 0 Å². The molecule has 21 heavy (non-hydrogen) atoms. The van der Waals surface area contributed by atoms with Crippen LogP contribution in [0, 0.1) is 0 Å². The Bertz CT molecular complexity index is 743. The molecule has 1 N–H and O–H groups in total. The van der Waals surface area contributed by atoms with Crippen LogP contribution in [0.4, 0.5) is 0 Å². The fourth-order valence-corrected chi connectivity index (χ4v) is 1.80. The van der Waals surface area contributed by atoms with Crippen LogP contribution in [0.25, 0.3) is 11.3 Å². The molecule has 1 aromatic carbocycles. The van der Waals surface area contributed by atoms with Gasteiger partial charge in [0, 0.05) is 5.56 Å². The molecular weight excluding hydrogens is 268 g/mol. The lowest BCUT2D eigenvalue weighted by Crippen LogP contribution is -2.16. The highest BCUT2D eigenvalue weighted by Crippen LogP contribution is 2.20. The Morgan fingerprint density at radius 1 is 1.05 bits per heavy atom. The molecule has 5 heteroatoms. The van der Waals surface area contributed by atoms with Crippen LogP contribution in [0.2, 0.25) is 0 Å². The number of rotatable bonds is 4. The number of carbonyl (C=O) groups excluding carboxylic acids is 1. The highest BCUT2D eigenvalue weighted by Gasteiger charge is 2.06. The van der Waals surface area contributed by atoms with Gasteiger partial charge >= 0.3 is 5.91 Å². The lowest BCUT2D eigenvalue weighted by molar-refractivity contribution is 0.0927. The fourth-order valence-electron chi connectivity index (χ4n) is 1.80. The second kappa shape index (κ2) is 5.92. The third kappa shape index (κ3) is 3.09.